The van der Waals surface area contributed by atoms with E-state index in [2.05, 4.69) is 32.2 Å². The first-order valence-corrected chi connectivity index (χ1v) is 9.07. The molecule has 4 rings (SSSR count). The van der Waals surface area contributed by atoms with Gasteiger partial charge in [-0.2, -0.15) is 0 Å². The van der Waals surface area contributed by atoms with Gasteiger partial charge in [-0.1, -0.05) is 20.8 Å². The topological polar surface area (TPSA) is 52.5 Å². The Morgan fingerprint density at radius 1 is 1.09 bits per heavy atom. The van der Waals surface area contributed by atoms with Gasteiger partial charge in [0.1, 0.15) is 0 Å². The number of fused-ring (bicyclic) bond motifs is 5. The molecule has 0 spiro atoms. The summed E-state index contributed by atoms with van der Waals surface area (Å²) in [6, 6.07) is 6.28. The maximum absolute atomic E-state index is 9.98. The zero-order valence-electron chi connectivity index (χ0n) is 13.8. The van der Waals surface area contributed by atoms with Crippen molar-refractivity contribution in [3.63, 3.8) is 0 Å². The first-order valence-electron chi connectivity index (χ1n) is 8.26. The largest absolute Gasteiger partial charge is 0.504 e. The number of benzene rings is 1. The van der Waals surface area contributed by atoms with Gasteiger partial charge in [0.05, 0.1) is 0 Å². The first-order chi connectivity index (χ1) is 10.8. The maximum atomic E-state index is 9.98. The van der Waals surface area contributed by atoms with Crippen LogP contribution in [-0.2, 0) is 18.4 Å². The van der Waals surface area contributed by atoms with Gasteiger partial charge in [0.25, 0.3) is 0 Å². The summed E-state index contributed by atoms with van der Waals surface area (Å²) in [4.78, 5) is 2.85. The lowest BCUT2D eigenvalue weighted by atomic mass is 9.75. The lowest BCUT2D eigenvalue weighted by Crippen LogP contribution is -2.41. The molecular weight excluding hydrogens is 306 g/mol. The molecule has 1 aliphatic heterocycles. The molecular formula is C19H23NO2S. The van der Waals surface area contributed by atoms with Crippen molar-refractivity contribution in [2.45, 2.75) is 57.5 Å². The summed E-state index contributed by atoms with van der Waals surface area (Å²) in [5, 5.41) is 23.5. The third-order valence-electron chi connectivity index (χ3n) is 5.12. The SMILES string of the molecule is CC(C)(C)c1cc2c(s1)[C@@H]1c3cc(O)c(O)cc3CC[C@H]1NC2. The van der Waals surface area contributed by atoms with E-state index in [1.165, 1.54) is 26.4 Å². The van der Waals surface area contributed by atoms with Gasteiger partial charge < -0.3 is 15.5 Å². The molecule has 2 atom stereocenters. The molecule has 1 aromatic carbocycles. The minimum atomic E-state index is -0.0101. The van der Waals surface area contributed by atoms with E-state index in [9.17, 15) is 10.2 Å². The number of phenols is 2. The van der Waals surface area contributed by atoms with Crippen molar-refractivity contribution < 1.29 is 10.2 Å². The number of rotatable bonds is 0. The molecule has 2 heterocycles. The Morgan fingerprint density at radius 2 is 1.83 bits per heavy atom. The molecule has 4 heteroatoms. The van der Waals surface area contributed by atoms with Crippen LogP contribution < -0.4 is 5.32 Å². The van der Waals surface area contributed by atoms with Crippen LogP contribution in [0.3, 0.4) is 0 Å². The molecule has 122 valence electrons. The zero-order valence-corrected chi connectivity index (χ0v) is 14.6. The van der Waals surface area contributed by atoms with Crippen LogP contribution in [0.15, 0.2) is 18.2 Å². The van der Waals surface area contributed by atoms with Crippen LogP contribution in [0.1, 0.15) is 59.6 Å². The molecule has 2 aliphatic rings. The Bertz CT molecular complexity index is 772. The second-order valence-corrected chi connectivity index (χ2v) is 8.88. The highest BCUT2D eigenvalue weighted by Crippen LogP contribution is 2.48. The molecule has 3 nitrogen and oxygen atoms in total. The summed E-state index contributed by atoms with van der Waals surface area (Å²) < 4.78 is 0. The third kappa shape index (κ3) is 2.36. The number of aryl methyl sites for hydroxylation is 1. The molecule has 0 radical (unpaired) electrons. The summed E-state index contributed by atoms with van der Waals surface area (Å²) in [5.41, 5.74) is 3.89. The van der Waals surface area contributed by atoms with E-state index in [0.717, 1.165) is 19.4 Å². The Kier molecular flexibility index (Phi) is 3.26. The normalized spacial score (nSPS) is 23.1. The minimum Gasteiger partial charge on any atom is -0.504 e. The molecule has 1 aliphatic carbocycles. The fraction of sp³-hybridized carbons (Fsp3) is 0.474. The van der Waals surface area contributed by atoms with E-state index >= 15 is 0 Å². The molecule has 0 saturated carbocycles. The van der Waals surface area contributed by atoms with Crippen LogP contribution in [0.2, 0.25) is 0 Å². The molecule has 2 aromatic rings. The highest BCUT2D eigenvalue weighted by atomic mass is 32.1. The second kappa shape index (κ2) is 4.99. The summed E-state index contributed by atoms with van der Waals surface area (Å²) in [6.07, 6.45) is 2.02. The van der Waals surface area contributed by atoms with Crippen LogP contribution in [0.4, 0.5) is 0 Å². The van der Waals surface area contributed by atoms with Crippen LogP contribution in [0.5, 0.6) is 11.5 Å². The maximum Gasteiger partial charge on any atom is 0.157 e. The molecule has 1 aromatic heterocycles. The van der Waals surface area contributed by atoms with Gasteiger partial charge in [0.2, 0.25) is 0 Å². The monoisotopic (exact) mass is 329 g/mol. The average Bonchev–Trinajstić information content (AvgIpc) is 2.92. The van der Waals surface area contributed by atoms with E-state index in [1.807, 2.05) is 11.3 Å². The number of aromatic hydroxyl groups is 2. The number of phenolic OH excluding ortho intramolecular Hbond substituents is 2. The van der Waals surface area contributed by atoms with E-state index in [0.29, 0.717) is 6.04 Å². The third-order valence-corrected chi connectivity index (χ3v) is 6.80. The summed E-state index contributed by atoms with van der Waals surface area (Å²) in [7, 11) is 0. The lowest BCUT2D eigenvalue weighted by molar-refractivity contribution is 0.383. The second-order valence-electron chi connectivity index (χ2n) is 7.79. The predicted molar refractivity (Wildman–Crippen MR) is 93.6 cm³/mol. The van der Waals surface area contributed by atoms with Gasteiger partial charge in [-0.15, -0.1) is 11.3 Å². The Balaban J connectivity index is 1.87. The average molecular weight is 329 g/mol. The van der Waals surface area contributed by atoms with E-state index < -0.39 is 0 Å². The number of hydrogen-bond acceptors (Lipinski definition) is 4. The van der Waals surface area contributed by atoms with Gasteiger partial charge in [0.15, 0.2) is 11.5 Å². The zero-order chi connectivity index (χ0) is 16.4. The van der Waals surface area contributed by atoms with E-state index in [-0.39, 0.29) is 22.8 Å². The Morgan fingerprint density at radius 3 is 2.57 bits per heavy atom. The molecule has 0 amide bonds. The number of thiophene rings is 1. The number of nitrogens with one attached hydrogen (secondary N) is 1. The highest BCUT2D eigenvalue weighted by Gasteiger charge is 2.37. The summed E-state index contributed by atoms with van der Waals surface area (Å²) >= 11 is 1.92. The van der Waals surface area contributed by atoms with E-state index in [1.54, 1.807) is 12.1 Å². The van der Waals surface area contributed by atoms with Crippen molar-refractivity contribution in [2.24, 2.45) is 0 Å². The molecule has 3 N–H and O–H groups in total. The molecule has 0 saturated heterocycles. The van der Waals surface area contributed by atoms with Gasteiger partial charge in [-0.25, -0.2) is 0 Å². The lowest BCUT2D eigenvalue weighted by Gasteiger charge is -2.38. The van der Waals surface area contributed by atoms with E-state index in [4.69, 9.17) is 0 Å². The number of hydrogen-bond donors (Lipinski definition) is 3. The van der Waals surface area contributed by atoms with Gasteiger partial charge in [-0.3, -0.25) is 0 Å². The highest BCUT2D eigenvalue weighted by molar-refractivity contribution is 7.12. The van der Waals surface area contributed by atoms with Crippen LogP contribution in [-0.4, -0.2) is 16.3 Å². The van der Waals surface area contributed by atoms with Crippen LogP contribution >= 0.6 is 11.3 Å². The summed E-state index contributed by atoms with van der Waals surface area (Å²) in [6.45, 7) is 7.71. The van der Waals surface area contributed by atoms with Crippen LogP contribution in [0, 0.1) is 0 Å². The van der Waals surface area contributed by atoms with Crippen molar-refractivity contribution in [2.75, 3.05) is 0 Å². The van der Waals surface area contributed by atoms with Crippen molar-refractivity contribution >= 4 is 11.3 Å². The van der Waals surface area contributed by atoms with Crippen molar-refractivity contribution in [3.8, 4) is 11.5 Å². The fourth-order valence-electron chi connectivity index (χ4n) is 3.84. The molecule has 0 fully saturated rings. The predicted octanol–water partition coefficient (Wildman–Crippen LogP) is 4.01. The Hall–Kier alpha value is -1.52. The minimum absolute atomic E-state index is 0.00671. The van der Waals surface area contributed by atoms with Gasteiger partial charge in [0, 0.05) is 28.3 Å². The quantitative estimate of drug-likeness (QED) is 0.640. The van der Waals surface area contributed by atoms with Gasteiger partial charge in [-0.05, 0) is 53.1 Å². The van der Waals surface area contributed by atoms with Crippen molar-refractivity contribution in [1.29, 1.82) is 0 Å². The molecule has 0 unspecified atom stereocenters. The molecule has 23 heavy (non-hydrogen) atoms. The standard InChI is InChI=1S/C19H23NO2S/c1-19(2,3)16-7-11-9-20-13-5-4-10-6-14(21)15(22)8-12(10)17(13)18(11)23-16/h6-8,13,17,20-22H,4-5,9H2,1-3H3/t13-,17-/m1/s1. The van der Waals surface area contributed by atoms with Crippen molar-refractivity contribution in [1.82, 2.24) is 5.32 Å². The fourth-order valence-corrected chi connectivity index (χ4v) is 5.26. The van der Waals surface area contributed by atoms with Crippen molar-refractivity contribution in [3.05, 3.63) is 44.6 Å². The van der Waals surface area contributed by atoms with Gasteiger partial charge >= 0.3 is 0 Å². The summed E-state index contributed by atoms with van der Waals surface area (Å²) in [5.74, 6) is 0.270. The molecule has 0 bridgehead atoms. The first kappa shape index (κ1) is 15.0. The Labute approximate surface area is 141 Å². The smallest absolute Gasteiger partial charge is 0.157 e. The van der Waals surface area contributed by atoms with Crippen LogP contribution in [0.25, 0.3) is 0 Å².